The lowest BCUT2D eigenvalue weighted by atomic mass is 10.1. The number of allylic oxidation sites excluding steroid dienone is 1. The summed E-state index contributed by atoms with van der Waals surface area (Å²) in [6.45, 7) is 4.23. The Balaban J connectivity index is 2.55. The van der Waals surface area contributed by atoms with Gasteiger partial charge in [0.25, 0.3) is 0 Å². The van der Waals surface area contributed by atoms with E-state index >= 15 is 0 Å². The van der Waals surface area contributed by atoms with E-state index in [-0.39, 0.29) is 12.0 Å². The van der Waals surface area contributed by atoms with Crippen molar-refractivity contribution in [1.82, 2.24) is 5.32 Å². The Morgan fingerprint density at radius 1 is 1.47 bits per heavy atom. The number of aliphatic hydroxyl groups is 1. The molecule has 4 heteroatoms. The van der Waals surface area contributed by atoms with Gasteiger partial charge >= 0.3 is 0 Å². The maximum Gasteiger partial charge on any atom is 0.244 e. The van der Waals surface area contributed by atoms with Crippen LogP contribution in [0.4, 0.5) is 0 Å². The number of hydrogen-bond donors (Lipinski definition) is 2. The third-order valence-electron chi connectivity index (χ3n) is 2.89. The van der Waals surface area contributed by atoms with Crippen LogP contribution in [0, 0.1) is 0 Å². The minimum atomic E-state index is -0.353. The Bertz CT molecular complexity index is 457. The smallest absolute Gasteiger partial charge is 0.244 e. The lowest BCUT2D eigenvalue weighted by Crippen LogP contribution is -2.25. The summed E-state index contributed by atoms with van der Waals surface area (Å²) in [6, 6.07) is 7.41. The van der Waals surface area contributed by atoms with Crippen LogP contribution in [0.25, 0.3) is 5.57 Å². The zero-order valence-corrected chi connectivity index (χ0v) is 12.1. The zero-order chi connectivity index (χ0) is 14.3. The van der Waals surface area contributed by atoms with Crippen molar-refractivity contribution in [3.8, 4) is 0 Å². The highest BCUT2D eigenvalue weighted by Gasteiger charge is 2.05. The van der Waals surface area contributed by atoms with E-state index in [4.69, 9.17) is 11.6 Å². The molecule has 104 valence electrons. The average molecular weight is 282 g/mol. The van der Waals surface area contributed by atoms with Gasteiger partial charge in [0.1, 0.15) is 0 Å². The molecule has 0 aliphatic heterocycles. The Hall–Kier alpha value is -1.32. The molecule has 3 nitrogen and oxygen atoms in total. The predicted molar refractivity (Wildman–Crippen MR) is 79.0 cm³/mol. The molecule has 1 amide bonds. The quantitative estimate of drug-likeness (QED) is 0.788. The number of hydrogen-bond acceptors (Lipinski definition) is 2. The van der Waals surface area contributed by atoms with Crippen LogP contribution in [0.3, 0.4) is 0 Å². The molecule has 1 aromatic rings. The maximum atomic E-state index is 11.7. The number of carbonyl (C=O) groups excluding carboxylic acids is 1. The highest BCUT2D eigenvalue weighted by molar-refractivity contribution is 6.32. The van der Waals surface area contributed by atoms with Crippen molar-refractivity contribution in [2.24, 2.45) is 0 Å². The largest absolute Gasteiger partial charge is 0.393 e. The van der Waals surface area contributed by atoms with Crippen LogP contribution in [-0.4, -0.2) is 23.7 Å². The number of amides is 1. The van der Waals surface area contributed by atoms with Gasteiger partial charge in [-0.2, -0.15) is 0 Å². The average Bonchev–Trinajstić information content (AvgIpc) is 2.38. The number of nitrogens with one attached hydrogen (secondary N) is 1. The zero-order valence-electron chi connectivity index (χ0n) is 11.3. The first kappa shape index (κ1) is 15.7. The second-order valence-corrected chi connectivity index (χ2v) is 4.86. The summed E-state index contributed by atoms with van der Waals surface area (Å²) in [5.41, 5.74) is 1.67. The van der Waals surface area contributed by atoms with Gasteiger partial charge < -0.3 is 10.4 Å². The van der Waals surface area contributed by atoms with Gasteiger partial charge in [-0.25, -0.2) is 0 Å². The molecule has 0 saturated heterocycles. The third-order valence-corrected chi connectivity index (χ3v) is 3.22. The number of aliphatic hydroxyl groups excluding tert-OH is 1. The second kappa shape index (κ2) is 7.97. The number of benzene rings is 1. The van der Waals surface area contributed by atoms with Gasteiger partial charge in [-0.15, -0.1) is 0 Å². The lowest BCUT2D eigenvalue weighted by Gasteiger charge is -2.08. The fourth-order valence-electron chi connectivity index (χ4n) is 1.67. The summed E-state index contributed by atoms with van der Waals surface area (Å²) in [4.78, 5) is 11.7. The van der Waals surface area contributed by atoms with Crippen molar-refractivity contribution in [1.29, 1.82) is 0 Å². The molecule has 0 fully saturated rings. The molecule has 0 aromatic heterocycles. The van der Waals surface area contributed by atoms with Crippen LogP contribution in [0.1, 0.15) is 32.3 Å². The minimum absolute atomic E-state index is 0.166. The molecule has 19 heavy (non-hydrogen) atoms. The van der Waals surface area contributed by atoms with Gasteiger partial charge in [0, 0.05) is 17.6 Å². The van der Waals surface area contributed by atoms with Gasteiger partial charge in [0.2, 0.25) is 5.91 Å². The molecule has 0 radical (unpaired) electrons. The van der Waals surface area contributed by atoms with E-state index in [0.717, 1.165) is 11.1 Å². The molecular weight excluding hydrogens is 262 g/mol. The molecule has 0 aliphatic carbocycles. The predicted octanol–water partition coefficient (Wildman–Crippen LogP) is 3.02. The van der Waals surface area contributed by atoms with Crippen LogP contribution in [0.15, 0.2) is 30.3 Å². The second-order valence-electron chi connectivity index (χ2n) is 4.45. The standard InChI is InChI=1S/C15H20ClNO2/c1-3-12(18)8-9-17-15(19)10-11(2)13-6-4-5-7-14(13)16/h4-7,10,12,18H,3,8-9H2,1-2H3,(H,17,19)/b11-10-. The van der Waals surface area contributed by atoms with Crippen LogP contribution < -0.4 is 5.32 Å². The minimum Gasteiger partial charge on any atom is -0.393 e. The highest BCUT2D eigenvalue weighted by atomic mass is 35.5. The Kier molecular flexibility index (Phi) is 6.60. The van der Waals surface area contributed by atoms with Crippen molar-refractivity contribution in [2.75, 3.05) is 6.54 Å². The number of rotatable bonds is 6. The van der Waals surface area contributed by atoms with Crippen molar-refractivity contribution in [3.05, 3.63) is 40.9 Å². The van der Waals surface area contributed by atoms with E-state index in [1.807, 2.05) is 32.0 Å². The molecule has 1 atom stereocenters. The van der Waals surface area contributed by atoms with Crippen molar-refractivity contribution in [3.63, 3.8) is 0 Å². The highest BCUT2D eigenvalue weighted by Crippen LogP contribution is 2.22. The van der Waals surface area contributed by atoms with Crippen molar-refractivity contribution < 1.29 is 9.90 Å². The van der Waals surface area contributed by atoms with E-state index in [2.05, 4.69) is 5.32 Å². The van der Waals surface area contributed by atoms with E-state index in [9.17, 15) is 9.90 Å². The molecule has 0 spiro atoms. The Labute approximate surface area is 119 Å². The summed E-state index contributed by atoms with van der Waals surface area (Å²) in [6.07, 6.45) is 2.44. The molecular formula is C15H20ClNO2. The van der Waals surface area contributed by atoms with Crippen molar-refractivity contribution in [2.45, 2.75) is 32.8 Å². The van der Waals surface area contributed by atoms with Gasteiger partial charge in [-0.3, -0.25) is 4.79 Å². The van der Waals surface area contributed by atoms with Crippen LogP contribution in [-0.2, 0) is 4.79 Å². The summed E-state index contributed by atoms with van der Waals surface area (Å²) in [5.74, 6) is -0.166. The molecule has 2 N–H and O–H groups in total. The van der Waals surface area contributed by atoms with Gasteiger partial charge in [-0.05, 0) is 37.0 Å². The lowest BCUT2D eigenvalue weighted by molar-refractivity contribution is -0.116. The third kappa shape index (κ3) is 5.45. The summed E-state index contributed by atoms with van der Waals surface area (Å²) < 4.78 is 0. The Morgan fingerprint density at radius 3 is 2.79 bits per heavy atom. The molecule has 1 aromatic carbocycles. The normalized spacial score (nSPS) is 13.2. The van der Waals surface area contributed by atoms with Gasteiger partial charge in [-0.1, -0.05) is 36.7 Å². The van der Waals surface area contributed by atoms with E-state index < -0.39 is 0 Å². The molecule has 1 unspecified atom stereocenters. The first-order valence-corrected chi connectivity index (χ1v) is 6.81. The first-order chi connectivity index (χ1) is 9.04. The number of halogens is 1. The molecule has 0 aliphatic rings. The maximum absolute atomic E-state index is 11.7. The van der Waals surface area contributed by atoms with Crippen molar-refractivity contribution >= 4 is 23.1 Å². The van der Waals surface area contributed by atoms with Crippen LogP contribution >= 0.6 is 11.6 Å². The summed E-state index contributed by atoms with van der Waals surface area (Å²) >= 11 is 6.06. The van der Waals surface area contributed by atoms with Gasteiger partial charge in [0.05, 0.1) is 6.10 Å². The Morgan fingerprint density at radius 2 is 2.16 bits per heavy atom. The van der Waals surface area contributed by atoms with E-state index in [0.29, 0.717) is 24.4 Å². The number of carbonyl (C=O) groups is 1. The summed E-state index contributed by atoms with van der Waals surface area (Å²) in [7, 11) is 0. The molecule has 0 saturated carbocycles. The fourth-order valence-corrected chi connectivity index (χ4v) is 1.96. The van der Waals surface area contributed by atoms with Crippen LogP contribution in [0.5, 0.6) is 0 Å². The van der Waals surface area contributed by atoms with E-state index in [1.165, 1.54) is 6.08 Å². The van der Waals surface area contributed by atoms with Crippen LogP contribution in [0.2, 0.25) is 5.02 Å². The molecule has 0 bridgehead atoms. The fraction of sp³-hybridized carbons (Fsp3) is 0.400. The first-order valence-electron chi connectivity index (χ1n) is 6.43. The topological polar surface area (TPSA) is 49.3 Å². The SMILES string of the molecule is CCC(O)CCNC(=O)/C=C(/C)c1ccccc1Cl. The monoisotopic (exact) mass is 281 g/mol. The van der Waals surface area contributed by atoms with Gasteiger partial charge in [0.15, 0.2) is 0 Å². The summed E-state index contributed by atoms with van der Waals surface area (Å²) in [5, 5.41) is 12.8. The molecule has 0 heterocycles. The van der Waals surface area contributed by atoms with E-state index in [1.54, 1.807) is 6.07 Å². The molecule has 1 rings (SSSR count).